The molecule has 1 fully saturated rings. The van der Waals surface area contributed by atoms with E-state index in [0.29, 0.717) is 25.9 Å². The second-order valence-electron chi connectivity index (χ2n) is 6.76. The first-order valence-corrected chi connectivity index (χ1v) is 9.93. The Morgan fingerprint density at radius 1 is 1.23 bits per heavy atom. The van der Waals surface area contributed by atoms with Crippen molar-refractivity contribution in [1.29, 1.82) is 0 Å². The summed E-state index contributed by atoms with van der Waals surface area (Å²) in [6, 6.07) is 6.41. The lowest BCUT2D eigenvalue weighted by Gasteiger charge is -2.38. The molecule has 0 radical (unpaired) electrons. The first kappa shape index (κ1) is 18.7. The van der Waals surface area contributed by atoms with E-state index in [1.54, 1.807) is 6.20 Å². The van der Waals surface area contributed by atoms with Gasteiger partial charge in [0.15, 0.2) is 0 Å². The van der Waals surface area contributed by atoms with Crippen LogP contribution in [0.15, 0.2) is 41.4 Å². The van der Waals surface area contributed by atoms with Crippen LogP contribution < -0.4 is 4.90 Å². The van der Waals surface area contributed by atoms with Crippen molar-refractivity contribution in [3.63, 3.8) is 0 Å². The van der Waals surface area contributed by atoms with Crippen molar-refractivity contribution < 1.29 is 17.2 Å². The van der Waals surface area contributed by atoms with E-state index < -0.39 is 26.6 Å². The number of aryl methyl sites for hydroxylation is 1. The SMILES string of the molecule is Cc1cc(N2CCC(C(C)(F)S(=O)(=O)c3cccc(F)c3)CC2)cnn1. The molecule has 1 atom stereocenters. The van der Waals surface area contributed by atoms with Crippen LogP contribution in [0.4, 0.5) is 14.5 Å². The average Bonchev–Trinajstić information content (AvgIpc) is 2.61. The Hall–Kier alpha value is -2.09. The van der Waals surface area contributed by atoms with Crippen molar-refractivity contribution in [2.45, 2.75) is 36.6 Å². The zero-order valence-electron chi connectivity index (χ0n) is 14.7. The average molecular weight is 381 g/mol. The number of rotatable bonds is 4. The van der Waals surface area contributed by atoms with Crippen molar-refractivity contribution in [3.8, 4) is 0 Å². The second-order valence-corrected chi connectivity index (χ2v) is 9.04. The minimum Gasteiger partial charge on any atom is -0.370 e. The van der Waals surface area contributed by atoms with Crippen LogP contribution in [0.2, 0.25) is 0 Å². The molecule has 26 heavy (non-hydrogen) atoms. The summed E-state index contributed by atoms with van der Waals surface area (Å²) in [5.74, 6) is -1.36. The van der Waals surface area contributed by atoms with Gasteiger partial charge in [-0.25, -0.2) is 17.2 Å². The summed E-state index contributed by atoms with van der Waals surface area (Å²) >= 11 is 0. The first-order valence-electron chi connectivity index (χ1n) is 8.45. The molecule has 2 aromatic rings. The number of halogens is 2. The van der Waals surface area contributed by atoms with E-state index in [1.807, 2.05) is 17.9 Å². The molecule has 3 rings (SSSR count). The van der Waals surface area contributed by atoms with Gasteiger partial charge < -0.3 is 4.90 Å². The van der Waals surface area contributed by atoms with Crippen LogP contribution in [0.3, 0.4) is 0 Å². The van der Waals surface area contributed by atoms with Gasteiger partial charge in [0, 0.05) is 19.0 Å². The third-order valence-corrected chi connectivity index (χ3v) is 7.24. The van der Waals surface area contributed by atoms with Crippen LogP contribution in [0, 0.1) is 18.7 Å². The van der Waals surface area contributed by atoms with E-state index in [4.69, 9.17) is 0 Å². The molecule has 0 amide bonds. The topological polar surface area (TPSA) is 63.2 Å². The van der Waals surface area contributed by atoms with Crippen LogP contribution >= 0.6 is 0 Å². The van der Waals surface area contributed by atoms with Crippen LogP contribution in [-0.2, 0) is 9.84 Å². The van der Waals surface area contributed by atoms with Gasteiger partial charge in [0.05, 0.1) is 22.5 Å². The number of aromatic nitrogens is 2. The summed E-state index contributed by atoms with van der Waals surface area (Å²) < 4.78 is 54.3. The van der Waals surface area contributed by atoms with E-state index in [0.717, 1.165) is 30.4 Å². The lowest BCUT2D eigenvalue weighted by molar-refractivity contribution is 0.166. The highest BCUT2D eigenvalue weighted by molar-refractivity contribution is 7.92. The van der Waals surface area contributed by atoms with Crippen LogP contribution in [-0.4, -0.2) is 36.7 Å². The minimum absolute atomic E-state index is 0.320. The highest BCUT2D eigenvalue weighted by Crippen LogP contribution is 2.40. The van der Waals surface area contributed by atoms with Gasteiger partial charge >= 0.3 is 0 Å². The predicted molar refractivity (Wildman–Crippen MR) is 94.8 cm³/mol. The highest BCUT2D eigenvalue weighted by Gasteiger charge is 2.48. The van der Waals surface area contributed by atoms with E-state index >= 15 is 4.39 Å². The van der Waals surface area contributed by atoms with Gasteiger partial charge in [-0.05, 0) is 51.0 Å². The van der Waals surface area contributed by atoms with Gasteiger partial charge in [-0.15, -0.1) is 0 Å². The molecule has 0 spiro atoms. The summed E-state index contributed by atoms with van der Waals surface area (Å²) in [5.41, 5.74) is 1.68. The molecule has 5 nitrogen and oxygen atoms in total. The molecule has 1 saturated heterocycles. The smallest absolute Gasteiger partial charge is 0.215 e. The summed E-state index contributed by atoms with van der Waals surface area (Å²) in [4.78, 5) is 1.72. The van der Waals surface area contributed by atoms with Gasteiger partial charge in [0.1, 0.15) is 5.82 Å². The molecule has 1 aliphatic heterocycles. The zero-order valence-corrected chi connectivity index (χ0v) is 15.5. The second kappa shape index (κ2) is 6.90. The fourth-order valence-electron chi connectivity index (χ4n) is 3.37. The van der Waals surface area contributed by atoms with Crippen molar-refractivity contribution in [3.05, 3.63) is 48.0 Å². The fourth-order valence-corrected chi connectivity index (χ4v) is 5.03. The van der Waals surface area contributed by atoms with E-state index in [-0.39, 0.29) is 4.90 Å². The zero-order chi connectivity index (χ0) is 18.9. The molecule has 2 heterocycles. The molecule has 1 aliphatic rings. The lowest BCUT2D eigenvalue weighted by atomic mass is 9.92. The summed E-state index contributed by atoms with van der Waals surface area (Å²) in [6.07, 6.45) is 2.40. The Bertz CT molecular complexity index is 895. The van der Waals surface area contributed by atoms with Gasteiger partial charge in [0.2, 0.25) is 14.8 Å². The molecule has 8 heteroatoms. The molecule has 0 saturated carbocycles. The Morgan fingerprint density at radius 3 is 2.54 bits per heavy atom. The summed E-state index contributed by atoms with van der Waals surface area (Å²) in [6.45, 7) is 3.97. The normalized spacial score (nSPS) is 18.5. The minimum atomic E-state index is -4.30. The molecule has 1 aromatic carbocycles. The Labute approximate surface area is 152 Å². The van der Waals surface area contributed by atoms with Crippen LogP contribution in [0.1, 0.15) is 25.5 Å². The molecule has 1 aromatic heterocycles. The number of benzene rings is 1. The number of alkyl halides is 1. The molecule has 0 bridgehead atoms. The fraction of sp³-hybridized carbons (Fsp3) is 0.444. The Morgan fingerprint density at radius 2 is 1.92 bits per heavy atom. The number of sulfone groups is 1. The van der Waals surface area contributed by atoms with Crippen LogP contribution in [0.25, 0.3) is 0 Å². The van der Waals surface area contributed by atoms with E-state index in [1.165, 1.54) is 12.1 Å². The first-order chi connectivity index (χ1) is 12.2. The monoisotopic (exact) mass is 381 g/mol. The molecular weight excluding hydrogens is 360 g/mol. The number of anilines is 1. The van der Waals surface area contributed by atoms with E-state index in [2.05, 4.69) is 10.2 Å². The maximum Gasteiger partial charge on any atom is 0.215 e. The number of hydrogen-bond donors (Lipinski definition) is 0. The molecule has 140 valence electrons. The number of hydrogen-bond acceptors (Lipinski definition) is 5. The van der Waals surface area contributed by atoms with Crippen molar-refractivity contribution in [2.75, 3.05) is 18.0 Å². The standard InChI is InChI=1S/C18H21F2N3O2S/c1-13-10-16(12-21-22-13)23-8-6-14(7-9-23)18(2,20)26(24,25)17-5-3-4-15(19)11-17/h3-5,10-12,14H,6-9H2,1-2H3. The van der Waals surface area contributed by atoms with Crippen LogP contribution in [0.5, 0.6) is 0 Å². The van der Waals surface area contributed by atoms with Gasteiger partial charge in [-0.2, -0.15) is 10.2 Å². The lowest BCUT2D eigenvalue weighted by Crippen LogP contribution is -2.45. The van der Waals surface area contributed by atoms with E-state index in [9.17, 15) is 12.8 Å². The molecule has 0 aliphatic carbocycles. The Balaban J connectivity index is 1.77. The van der Waals surface area contributed by atoms with Gasteiger partial charge in [0.25, 0.3) is 0 Å². The molecule has 0 N–H and O–H groups in total. The Kier molecular flexibility index (Phi) is 4.96. The maximum absolute atomic E-state index is 15.4. The third-order valence-electron chi connectivity index (χ3n) is 4.98. The maximum atomic E-state index is 15.4. The highest BCUT2D eigenvalue weighted by atomic mass is 32.2. The summed E-state index contributed by atoms with van der Waals surface area (Å²) in [5, 5.41) is 5.37. The third kappa shape index (κ3) is 3.42. The largest absolute Gasteiger partial charge is 0.370 e. The van der Waals surface area contributed by atoms with Crippen molar-refractivity contribution >= 4 is 15.5 Å². The quantitative estimate of drug-likeness (QED) is 0.813. The van der Waals surface area contributed by atoms with Gasteiger partial charge in [-0.1, -0.05) is 6.07 Å². The molecule has 1 unspecified atom stereocenters. The summed E-state index contributed by atoms with van der Waals surface area (Å²) in [7, 11) is -4.30. The molecular formula is C18H21F2N3O2S. The van der Waals surface area contributed by atoms with Gasteiger partial charge in [-0.3, -0.25) is 0 Å². The number of nitrogens with zero attached hydrogens (tertiary/aromatic N) is 3. The predicted octanol–water partition coefficient (Wildman–Crippen LogP) is 3.30. The van der Waals surface area contributed by atoms with Crippen molar-refractivity contribution in [2.24, 2.45) is 5.92 Å². The van der Waals surface area contributed by atoms with Crippen molar-refractivity contribution in [1.82, 2.24) is 10.2 Å². The number of piperidine rings is 1.